The number of nitrogens with zero attached hydrogens (tertiary/aromatic N) is 3. The van der Waals surface area contributed by atoms with Crippen molar-refractivity contribution in [3.05, 3.63) is 59.7 Å². The second-order valence-corrected chi connectivity index (χ2v) is 7.98. The molecule has 6 heteroatoms. The number of benzene rings is 2. The van der Waals surface area contributed by atoms with Crippen LogP contribution in [-0.4, -0.2) is 48.1 Å². The lowest BCUT2D eigenvalue weighted by Crippen LogP contribution is -2.41. The average Bonchev–Trinajstić information content (AvgIpc) is 3.34. The molecule has 1 saturated heterocycles. The van der Waals surface area contributed by atoms with Crippen molar-refractivity contribution in [2.75, 3.05) is 31.1 Å². The first-order chi connectivity index (χ1) is 14.7. The van der Waals surface area contributed by atoms with Crippen LogP contribution < -0.4 is 10.2 Å². The van der Waals surface area contributed by atoms with Gasteiger partial charge < -0.3 is 20.2 Å². The van der Waals surface area contributed by atoms with Gasteiger partial charge in [-0.3, -0.25) is 4.79 Å². The van der Waals surface area contributed by atoms with Gasteiger partial charge in [-0.2, -0.15) is 0 Å². The lowest BCUT2D eigenvalue weighted by Gasteiger charge is -2.23. The van der Waals surface area contributed by atoms with Crippen LogP contribution in [0.5, 0.6) is 5.75 Å². The summed E-state index contributed by atoms with van der Waals surface area (Å²) in [5.41, 5.74) is 3.58. The molecule has 2 N–H and O–H groups in total. The number of hydrogen-bond donors (Lipinski definition) is 2. The van der Waals surface area contributed by atoms with Crippen LogP contribution >= 0.6 is 0 Å². The number of nitrogens with one attached hydrogen (secondary N) is 1. The number of guanidine groups is 1. The van der Waals surface area contributed by atoms with E-state index in [1.54, 1.807) is 12.1 Å². The molecule has 1 atom stereocenters. The Morgan fingerprint density at radius 1 is 1.20 bits per heavy atom. The van der Waals surface area contributed by atoms with Gasteiger partial charge in [-0.25, -0.2) is 4.99 Å². The summed E-state index contributed by atoms with van der Waals surface area (Å²) in [6, 6.07) is 15.7. The van der Waals surface area contributed by atoms with Gasteiger partial charge in [0.2, 0.25) is 5.91 Å². The smallest absolute Gasteiger partial charge is 0.222 e. The van der Waals surface area contributed by atoms with Crippen molar-refractivity contribution >= 4 is 17.6 Å². The zero-order chi connectivity index (χ0) is 20.9. The van der Waals surface area contributed by atoms with Gasteiger partial charge in [0.15, 0.2) is 5.96 Å². The molecule has 2 aliphatic rings. The summed E-state index contributed by atoms with van der Waals surface area (Å²) in [7, 11) is 0. The Morgan fingerprint density at radius 2 is 2.00 bits per heavy atom. The minimum atomic E-state index is 0.266. The first-order valence-electron chi connectivity index (χ1n) is 10.9. The van der Waals surface area contributed by atoms with Crippen molar-refractivity contribution in [2.24, 2.45) is 4.99 Å². The SMILES string of the molecule is CCNC(=NCc1ccc(O)cc1)N1CC(CCN2CCCC2=O)c2ccccc21. The molecule has 1 unspecified atom stereocenters. The van der Waals surface area contributed by atoms with E-state index in [9.17, 15) is 9.90 Å². The fourth-order valence-electron chi connectivity index (χ4n) is 4.36. The summed E-state index contributed by atoms with van der Waals surface area (Å²) in [5, 5.41) is 12.9. The number of aromatic hydroxyl groups is 1. The maximum absolute atomic E-state index is 12.0. The number of carbonyl (C=O) groups is 1. The van der Waals surface area contributed by atoms with Gasteiger partial charge in [0.25, 0.3) is 0 Å². The monoisotopic (exact) mass is 406 g/mol. The van der Waals surface area contributed by atoms with E-state index < -0.39 is 0 Å². The number of rotatable bonds is 6. The fourth-order valence-corrected chi connectivity index (χ4v) is 4.36. The van der Waals surface area contributed by atoms with Crippen LogP contribution in [0.3, 0.4) is 0 Å². The van der Waals surface area contributed by atoms with Crippen molar-refractivity contribution in [1.82, 2.24) is 10.2 Å². The van der Waals surface area contributed by atoms with Gasteiger partial charge in [0, 0.05) is 44.2 Å². The van der Waals surface area contributed by atoms with E-state index in [1.807, 2.05) is 17.0 Å². The van der Waals surface area contributed by atoms with E-state index in [2.05, 4.69) is 41.4 Å². The summed E-state index contributed by atoms with van der Waals surface area (Å²) in [6.45, 7) is 6.01. The molecule has 4 rings (SSSR count). The first kappa shape index (κ1) is 20.3. The van der Waals surface area contributed by atoms with E-state index in [0.29, 0.717) is 24.8 Å². The third-order valence-corrected chi connectivity index (χ3v) is 5.93. The molecule has 2 aromatic carbocycles. The Morgan fingerprint density at radius 3 is 2.73 bits per heavy atom. The number of hydrogen-bond acceptors (Lipinski definition) is 3. The van der Waals surface area contributed by atoms with Gasteiger partial charge in [-0.15, -0.1) is 0 Å². The maximum Gasteiger partial charge on any atom is 0.222 e. The molecular weight excluding hydrogens is 376 g/mol. The van der Waals surface area contributed by atoms with Crippen LogP contribution in [0, 0.1) is 0 Å². The number of aliphatic imine (C=N–C) groups is 1. The Balaban J connectivity index is 1.51. The lowest BCUT2D eigenvalue weighted by molar-refractivity contribution is -0.127. The minimum absolute atomic E-state index is 0.266. The molecule has 0 radical (unpaired) electrons. The number of para-hydroxylation sites is 1. The highest BCUT2D eigenvalue weighted by molar-refractivity contribution is 5.98. The van der Waals surface area contributed by atoms with E-state index in [4.69, 9.17) is 4.99 Å². The van der Waals surface area contributed by atoms with Gasteiger partial charge in [0.1, 0.15) is 5.75 Å². The number of carbonyl (C=O) groups excluding carboxylic acids is 1. The summed E-state index contributed by atoms with van der Waals surface area (Å²) < 4.78 is 0. The maximum atomic E-state index is 12.0. The molecule has 0 aliphatic carbocycles. The highest BCUT2D eigenvalue weighted by Gasteiger charge is 2.32. The molecule has 0 aromatic heterocycles. The third kappa shape index (κ3) is 4.42. The van der Waals surface area contributed by atoms with Crippen LogP contribution in [0.25, 0.3) is 0 Å². The Bertz CT molecular complexity index is 910. The van der Waals surface area contributed by atoms with Crippen LogP contribution in [0.15, 0.2) is 53.5 Å². The molecule has 30 heavy (non-hydrogen) atoms. The Labute approximate surface area is 178 Å². The minimum Gasteiger partial charge on any atom is -0.508 e. The molecule has 158 valence electrons. The number of anilines is 1. The van der Waals surface area contributed by atoms with Crippen LogP contribution in [0.1, 0.15) is 43.2 Å². The zero-order valence-electron chi connectivity index (χ0n) is 17.6. The second kappa shape index (κ2) is 9.20. The number of amides is 1. The number of phenols is 1. The van der Waals surface area contributed by atoms with E-state index in [0.717, 1.165) is 50.5 Å². The Hall–Kier alpha value is -3.02. The average molecular weight is 407 g/mol. The largest absolute Gasteiger partial charge is 0.508 e. The molecule has 2 aliphatic heterocycles. The quantitative estimate of drug-likeness (QED) is 0.569. The second-order valence-electron chi connectivity index (χ2n) is 7.98. The first-order valence-corrected chi connectivity index (χ1v) is 10.9. The van der Waals surface area contributed by atoms with Gasteiger partial charge in [-0.05, 0) is 49.1 Å². The summed E-state index contributed by atoms with van der Waals surface area (Å²) in [6.07, 6.45) is 2.65. The van der Waals surface area contributed by atoms with Crippen molar-refractivity contribution in [2.45, 2.75) is 38.6 Å². The summed E-state index contributed by atoms with van der Waals surface area (Å²) in [4.78, 5) is 21.1. The molecule has 1 fully saturated rings. The molecule has 1 amide bonds. The van der Waals surface area contributed by atoms with Gasteiger partial charge in [-0.1, -0.05) is 30.3 Å². The van der Waals surface area contributed by atoms with Crippen molar-refractivity contribution in [1.29, 1.82) is 0 Å². The molecule has 0 spiro atoms. The van der Waals surface area contributed by atoms with Crippen LogP contribution in [-0.2, 0) is 11.3 Å². The van der Waals surface area contributed by atoms with Crippen LogP contribution in [0.2, 0.25) is 0 Å². The van der Waals surface area contributed by atoms with Crippen molar-refractivity contribution < 1.29 is 9.90 Å². The number of fused-ring (bicyclic) bond motifs is 1. The fraction of sp³-hybridized carbons (Fsp3) is 0.417. The number of likely N-dealkylation sites (tertiary alicyclic amines) is 1. The molecule has 0 bridgehead atoms. The molecular formula is C24H30N4O2. The van der Waals surface area contributed by atoms with E-state index in [-0.39, 0.29) is 5.75 Å². The van der Waals surface area contributed by atoms with Gasteiger partial charge in [0.05, 0.1) is 6.54 Å². The standard InChI is InChI=1S/C24H30N4O2/c1-2-25-24(26-16-18-9-11-20(29)12-10-18)28-17-19(21-6-3-4-7-22(21)28)13-15-27-14-5-8-23(27)30/h3-4,6-7,9-12,19,29H,2,5,8,13-17H2,1H3,(H,25,26). The van der Waals surface area contributed by atoms with Gasteiger partial charge >= 0.3 is 0 Å². The third-order valence-electron chi connectivity index (χ3n) is 5.93. The zero-order valence-corrected chi connectivity index (χ0v) is 17.6. The number of phenolic OH excluding ortho intramolecular Hbond substituents is 1. The highest BCUT2D eigenvalue weighted by Crippen LogP contribution is 2.38. The molecule has 2 aromatic rings. The van der Waals surface area contributed by atoms with E-state index in [1.165, 1.54) is 11.3 Å². The Kier molecular flexibility index (Phi) is 6.21. The molecule has 0 saturated carbocycles. The van der Waals surface area contributed by atoms with Crippen molar-refractivity contribution in [3.63, 3.8) is 0 Å². The van der Waals surface area contributed by atoms with Crippen LogP contribution in [0.4, 0.5) is 5.69 Å². The summed E-state index contributed by atoms with van der Waals surface area (Å²) in [5.74, 6) is 1.81. The topological polar surface area (TPSA) is 68.2 Å². The van der Waals surface area contributed by atoms with Crippen molar-refractivity contribution in [3.8, 4) is 5.75 Å². The predicted octanol–water partition coefficient (Wildman–Crippen LogP) is 3.47. The normalized spacial score (nSPS) is 18.8. The molecule has 6 nitrogen and oxygen atoms in total. The predicted molar refractivity (Wildman–Crippen MR) is 120 cm³/mol. The lowest BCUT2D eigenvalue weighted by atomic mass is 9.98. The molecule has 2 heterocycles. The highest BCUT2D eigenvalue weighted by atomic mass is 16.3. The van der Waals surface area contributed by atoms with E-state index >= 15 is 0 Å². The summed E-state index contributed by atoms with van der Waals surface area (Å²) >= 11 is 0.